The first-order chi connectivity index (χ1) is 21.1. The van der Waals surface area contributed by atoms with Gasteiger partial charge in [-0.1, -0.05) is 60.7 Å². The molecule has 15 heteroatoms. The molecule has 0 radical (unpaired) electrons. The van der Waals surface area contributed by atoms with E-state index in [2.05, 4.69) is 20.3 Å². The molecule has 5 aromatic rings. The average Bonchev–Trinajstić information content (AvgIpc) is 3.48. The Morgan fingerprint density at radius 1 is 0.841 bits per heavy atom. The molecule has 0 unspecified atom stereocenters. The van der Waals surface area contributed by atoms with Crippen LogP contribution in [-0.2, 0) is 16.6 Å². The van der Waals surface area contributed by atoms with Crippen LogP contribution in [0.1, 0.15) is 15.9 Å². The lowest BCUT2D eigenvalue weighted by molar-refractivity contribution is -0.392. The van der Waals surface area contributed by atoms with Crippen molar-refractivity contribution in [1.29, 1.82) is 0 Å². The first-order valence-corrected chi connectivity index (χ1v) is 15.2. The molecule has 222 valence electrons. The third-order valence-electron chi connectivity index (χ3n) is 6.28. The third-order valence-corrected chi connectivity index (χ3v) is 8.52. The van der Waals surface area contributed by atoms with Crippen LogP contribution >= 0.6 is 11.3 Å². The summed E-state index contributed by atoms with van der Waals surface area (Å²) >= 11 is 1.13. The van der Waals surface area contributed by atoms with Crippen LogP contribution in [0.3, 0.4) is 0 Å². The predicted molar refractivity (Wildman–Crippen MR) is 166 cm³/mol. The Balaban J connectivity index is 1.31. The molecule has 4 aromatic carbocycles. The summed E-state index contributed by atoms with van der Waals surface area (Å²) in [5.41, 5.74) is 0.391. The highest BCUT2D eigenvalue weighted by atomic mass is 32.2. The van der Waals surface area contributed by atoms with E-state index in [-0.39, 0.29) is 33.5 Å². The normalized spacial score (nSPS) is 11.0. The number of nitrogens with zero attached hydrogens (tertiary/aromatic N) is 3. The van der Waals surface area contributed by atoms with Crippen molar-refractivity contribution in [3.05, 3.63) is 134 Å². The fraction of sp³-hybridized carbons (Fsp3) is 0.0345. The molecule has 0 atom stereocenters. The van der Waals surface area contributed by atoms with Crippen LogP contribution in [0.15, 0.2) is 107 Å². The van der Waals surface area contributed by atoms with E-state index in [0.29, 0.717) is 5.69 Å². The maximum atomic E-state index is 13.0. The number of carbonyl (C=O) groups is 1. The number of nitro groups is 2. The second-order valence-electron chi connectivity index (χ2n) is 9.23. The van der Waals surface area contributed by atoms with Crippen LogP contribution in [0.5, 0.6) is 0 Å². The van der Waals surface area contributed by atoms with Gasteiger partial charge in [0.2, 0.25) is 0 Å². The molecule has 0 saturated carbocycles. The van der Waals surface area contributed by atoms with Gasteiger partial charge in [0.05, 0.1) is 26.0 Å². The summed E-state index contributed by atoms with van der Waals surface area (Å²) in [6, 6.07) is 25.1. The predicted octanol–water partition coefficient (Wildman–Crippen LogP) is 6.29. The highest BCUT2D eigenvalue weighted by Crippen LogP contribution is 2.36. The summed E-state index contributed by atoms with van der Waals surface area (Å²) in [7, 11) is -4.01. The monoisotopic (exact) mass is 630 g/mol. The number of anilines is 3. The molecule has 0 bridgehead atoms. The van der Waals surface area contributed by atoms with Gasteiger partial charge in [0.15, 0.2) is 10.8 Å². The number of thiazole rings is 1. The minimum absolute atomic E-state index is 0.0783. The van der Waals surface area contributed by atoms with Gasteiger partial charge in [0, 0.05) is 35.3 Å². The Bertz CT molecular complexity index is 1910. The maximum Gasteiger partial charge on any atom is 0.300 e. The summed E-state index contributed by atoms with van der Waals surface area (Å²) in [6.45, 7) is 0.0783. The zero-order chi connectivity index (χ0) is 31.3. The lowest BCUT2D eigenvalue weighted by atomic mass is 10.1. The molecule has 1 amide bonds. The van der Waals surface area contributed by atoms with Gasteiger partial charge in [-0.3, -0.25) is 29.7 Å². The van der Waals surface area contributed by atoms with Gasteiger partial charge in [-0.25, -0.2) is 13.4 Å². The lowest BCUT2D eigenvalue weighted by Gasteiger charge is -2.11. The molecule has 0 aliphatic carbocycles. The van der Waals surface area contributed by atoms with Gasteiger partial charge in [0.1, 0.15) is 0 Å². The van der Waals surface area contributed by atoms with Crippen molar-refractivity contribution < 1.29 is 23.1 Å². The van der Waals surface area contributed by atoms with Crippen LogP contribution in [0, 0.1) is 20.2 Å². The number of rotatable bonds is 11. The Morgan fingerprint density at radius 2 is 1.43 bits per heavy atom. The smallest absolute Gasteiger partial charge is 0.300 e. The maximum absolute atomic E-state index is 13.0. The van der Waals surface area contributed by atoms with Gasteiger partial charge in [-0.2, -0.15) is 0 Å². The zero-order valence-electron chi connectivity index (χ0n) is 22.5. The molecule has 44 heavy (non-hydrogen) atoms. The molecule has 0 aliphatic heterocycles. The van der Waals surface area contributed by atoms with Crippen LogP contribution < -0.4 is 15.4 Å². The number of sulfonamides is 1. The van der Waals surface area contributed by atoms with Gasteiger partial charge in [-0.05, 0) is 29.8 Å². The Labute approximate surface area is 254 Å². The first-order valence-electron chi connectivity index (χ1n) is 12.8. The van der Waals surface area contributed by atoms with Crippen LogP contribution in [-0.4, -0.2) is 29.2 Å². The number of aromatic nitrogens is 1. The van der Waals surface area contributed by atoms with E-state index in [1.165, 1.54) is 24.3 Å². The SMILES string of the molecule is O=C(Nc1ccc(S(=O)(=O)Nc2nc(-c3ccccc3)cs2)cc1)c1cc([N+](=O)[O-])c(NCc2ccccc2)c([N+](=O)[O-])c1. The molecule has 0 saturated heterocycles. The minimum Gasteiger partial charge on any atom is -0.370 e. The summed E-state index contributed by atoms with van der Waals surface area (Å²) in [5.74, 6) is -0.865. The number of nitro benzene ring substituents is 2. The highest BCUT2D eigenvalue weighted by molar-refractivity contribution is 7.93. The Hall–Kier alpha value is -5.67. The first kappa shape index (κ1) is 29.8. The van der Waals surface area contributed by atoms with E-state index < -0.39 is 37.2 Å². The second kappa shape index (κ2) is 12.7. The van der Waals surface area contributed by atoms with Gasteiger partial charge >= 0.3 is 0 Å². The fourth-order valence-electron chi connectivity index (χ4n) is 4.15. The fourth-order valence-corrected chi connectivity index (χ4v) is 6.13. The van der Waals surface area contributed by atoms with E-state index in [9.17, 15) is 33.4 Å². The molecule has 1 heterocycles. The van der Waals surface area contributed by atoms with Gasteiger partial charge in [-0.15, -0.1) is 11.3 Å². The summed E-state index contributed by atoms with van der Waals surface area (Å²) < 4.78 is 28.3. The molecule has 0 fully saturated rings. The number of carbonyl (C=O) groups excluding carboxylic acids is 1. The van der Waals surface area contributed by atoms with Crippen LogP contribution in [0.4, 0.5) is 27.9 Å². The minimum atomic E-state index is -4.01. The van der Waals surface area contributed by atoms with Crippen molar-refractivity contribution in [1.82, 2.24) is 4.98 Å². The summed E-state index contributed by atoms with van der Waals surface area (Å²) in [4.78, 5) is 39.2. The van der Waals surface area contributed by atoms with E-state index in [1.807, 2.05) is 30.3 Å². The van der Waals surface area contributed by atoms with E-state index in [1.54, 1.807) is 35.7 Å². The number of hydrogen-bond donors (Lipinski definition) is 3. The average molecular weight is 631 g/mol. The van der Waals surface area contributed by atoms with E-state index >= 15 is 0 Å². The van der Waals surface area contributed by atoms with Crippen LogP contribution in [0.2, 0.25) is 0 Å². The molecule has 13 nitrogen and oxygen atoms in total. The molecular weight excluding hydrogens is 608 g/mol. The van der Waals surface area contributed by atoms with Gasteiger partial charge in [0.25, 0.3) is 27.3 Å². The number of hydrogen-bond acceptors (Lipinski definition) is 10. The van der Waals surface area contributed by atoms with Gasteiger partial charge < -0.3 is 10.6 Å². The van der Waals surface area contributed by atoms with Crippen molar-refractivity contribution in [3.63, 3.8) is 0 Å². The molecule has 0 aliphatic rings. The largest absolute Gasteiger partial charge is 0.370 e. The van der Waals surface area contributed by atoms with E-state index in [4.69, 9.17) is 0 Å². The van der Waals surface area contributed by atoms with E-state index in [0.717, 1.165) is 34.6 Å². The number of nitrogens with one attached hydrogen (secondary N) is 3. The van der Waals surface area contributed by atoms with Crippen molar-refractivity contribution in [2.75, 3.05) is 15.4 Å². The molecule has 1 aromatic heterocycles. The Kier molecular flexibility index (Phi) is 8.59. The zero-order valence-corrected chi connectivity index (χ0v) is 24.2. The van der Waals surface area contributed by atoms with Crippen molar-refractivity contribution in [2.24, 2.45) is 0 Å². The topological polar surface area (TPSA) is 186 Å². The highest BCUT2D eigenvalue weighted by Gasteiger charge is 2.29. The second-order valence-corrected chi connectivity index (χ2v) is 11.8. The van der Waals surface area contributed by atoms with Crippen LogP contribution in [0.25, 0.3) is 11.3 Å². The Morgan fingerprint density at radius 3 is 2.02 bits per heavy atom. The standard InChI is InChI=1S/C29H22N6O7S2/c36-28(21-15-25(34(37)38)27(26(16-21)35(39)40)30-17-19-7-3-1-4-8-19)31-22-11-13-23(14-12-22)44(41,42)33-29-32-24(18-43-29)20-9-5-2-6-10-20/h1-16,18,30H,17H2,(H,31,36)(H,32,33). The lowest BCUT2D eigenvalue weighted by Crippen LogP contribution is -2.15. The number of amides is 1. The third kappa shape index (κ3) is 6.86. The van der Waals surface area contributed by atoms with Crippen molar-refractivity contribution in [3.8, 4) is 11.3 Å². The van der Waals surface area contributed by atoms with Crippen molar-refractivity contribution in [2.45, 2.75) is 11.4 Å². The molecule has 5 rings (SSSR count). The summed E-state index contributed by atoms with van der Waals surface area (Å²) in [6.07, 6.45) is 0. The molecule has 3 N–H and O–H groups in total. The molecular formula is C29H22N6O7S2. The quantitative estimate of drug-likeness (QED) is 0.111. The molecule has 0 spiro atoms. The van der Waals surface area contributed by atoms with Crippen molar-refractivity contribution >= 4 is 55.1 Å². The summed E-state index contributed by atoms with van der Waals surface area (Å²) in [5, 5.41) is 30.8. The number of benzene rings is 4.